The molecule has 2 heterocycles. The van der Waals surface area contributed by atoms with Gasteiger partial charge < -0.3 is 20.9 Å². The molecule has 0 amide bonds. The van der Waals surface area contributed by atoms with E-state index >= 15 is 0 Å². The predicted molar refractivity (Wildman–Crippen MR) is 140 cm³/mol. The lowest BCUT2D eigenvalue weighted by Gasteiger charge is -2.27. The summed E-state index contributed by atoms with van der Waals surface area (Å²) in [5.41, 5.74) is 9.66. The molecule has 2 fully saturated rings. The molecule has 2 aliphatic carbocycles. The lowest BCUT2D eigenvalue weighted by molar-refractivity contribution is 0.410. The topological polar surface area (TPSA) is 117 Å². The molecule has 5 rings (SSSR count). The fourth-order valence-electron chi connectivity index (χ4n) is 4.90. The van der Waals surface area contributed by atoms with Gasteiger partial charge in [-0.05, 0) is 56.2 Å². The summed E-state index contributed by atoms with van der Waals surface area (Å²) in [6.45, 7) is 0. The molecule has 10 heteroatoms. The maximum absolute atomic E-state index is 8.91. The second-order valence-corrected chi connectivity index (χ2v) is 9.07. The molecule has 0 aliphatic heterocycles. The van der Waals surface area contributed by atoms with Crippen LogP contribution in [-0.2, 0) is 6.42 Å². The number of halogens is 2. The van der Waals surface area contributed by atoms with Gasteiger partial charge in [-0.25, -0.2) is 4.98 Å². The van der Waals surface area contributed by atoms with Crippen molar-refractivity contribution in [2.24, 2.45) is 5.73 Å². The number of nitriles is 1. The van der Waals surface area contributed by atoms with Crippen LogP contribution in [0.15, 0.2) is 30.6 Å². The predicted octanol–water partition coefficient (Wildman–Crippen LogP) is 5.28. The Morgan fingerprint density at radius 1 is 1.00 bits per heavy atom. The first-order chi connectivity index (χ1) is 15.7. The number of imidazole rings is 1. The zero-order valence-corrected chi connectivity index (χ0v) is 20.7. The molecule has 2 aromatic heterocycles. The maximum atomic E-state index is 8.91. The Balaban J connectivity index is 0.00000162. The molecule has 0 radical (unpaired) electrons. The van der Waals surface area contributed by atoms with Crippen molar-refractivity contribution in [1.29, 1.82) is 5.26 Å². The summed E-state index contributed by atoms with van der Waals surface area (Å²) in [5.74, 6) is 1.34. The van der Waals surface area contributed by atoms with Crippen molar-refractivity contribution in [3.05, 3.63) is 36.2 Å². The van der Waals surface area contributed by atoms with Crippen molar-refractivity contribution in [3.8, 4) is 6.07 Å². The molecule has 34 heavy (non-hydrogen) atoms. The minimum Gasteiger partial charge on any atom is -0.351 e. The van der Waals surface area contributed by atoms with Gasteiger partial charge in [0.05, 0.1) is 18.8 Å². The van der Waals surface area contributed by atoms with Gasteiger partial charge in [-0.15, -0.1) is 24.8 Å². The lowest BCUT2D eigenvalue weighted by Crippen LogP contribution is -2.33. The molecule has 1 aromatic carbocycles. The van der Waals surface area contributed by atoms with E-state index in [4.69, 9.17) is 25.9 Å². The van der Waals surface area contributed by atoms with E-state index in [1.807, 2.05) is 30.6 Å². The number of nitrogens with one attached hydrogen (secondary N) is 2. The smallest absolute Gasteiger partial charge is 0.227 e. The van der Waals surface area contributed by atoms with Crippen molar-refractivity contribution in [2.75, 3.05) is 10.6 Å². The molecule has 0 unspecified atom stereocenters. The highest BCUT2D eigenvalue weighted by Gasteiger charge is 2.24. The number of benzene rings is 1. The number of rotatable bonds is 6. The van der Waals surface area contributed by atoms with E-state index in [1.165, 1.54) is 25.7 Å². The highest BCUT2D eigenvalue weighted by Crippen LogP contribution is 2.34. The third-order valence-electron chi connectivity index (χ3n) is 6.74. The van der Waals surface area contributed by atoms with Crippen LogP contribution in [0.5, 0.6) is 0 Å². The molecule has 0 atom stereocenters. The molecule has 4 N–H and O–H groups in total. The summed E-state index contributed by atoms with van der Waals surface area (Å²) in [6.07, 6.45) is 11.3. The van der Waals surface area contributed by atoms with Crippen molar-refractivity contribution in [1.82, 2.24) is 19.5 Å². The lowest BCUT2D eigenvalue weighted by atomic mass is 9.92. The molecule has 2 aliphatic rings. The normalized spacial score (nSPS) is 20.2. The Hall–Kier alpha value is -2.60. The second-order valence-electron chi connectivity index (χ2n) is 9.07. The zero-order chi connectivity index (χ0) is 21.9. The average Bonchev–Trinajstić information content (AvgIpc) is 3.47. The van der Waals surface area contributed by atoms with Crippen molar-refractivity contribution < 1.29 is 0 Å². The Morgan fingerprint density at radius 3 is 2.38 bits per heavy atom. The van der Waals surface area contributed by atoms with E-state index < -0.39 is 0 Å². The van der Waals surface area contributed by atoms with Crippen LogP contribution in [0.2, 0.25) is 0 Å². The minimum absolute atomic E-state index is 0. The fourth-order valence-corrected chi connectivity index (χ4v) is 4.90. The van der Waals surface area contributed by atoms with Gasteiger partial charge in [-0.3, -0.25) is 0 Å². The fraction of sp³-hybridized carbons (Fsp3) is 0.500. The summed E-state index contributed by atoms with van der Waals surface area (Å²) in [5, 5.41) is 15.9. The van der Waals surface area contributed by atoms with E-state index in [0.29, 0.717) is 36.3 Å². The second kappa shape index (κ2) is 11.7. The molecule has 182 valence electrons. The number of hydrogen-bond donors (Lipinski definition) is 3. The summed E-state index contributed by atoms with van der Waals surface area (Å²) in [7, 11) is 0. The van der Waals surface area contributed by atoms with Gasteiger partial charge in [0, 0.05) is 23.8 Å². The van der Waals surface area contributed by atoms with Gasteiger partial charge in [-0.1, -0.05) is 25.0 Å². The molecule has 0 bridgehead atoms. The molecular formula is C24H32Cl2N8. The van der Waals surface area contributed by atoms with Gasteiger partial charge in [0.1, 0.15) is 0 Å². The van der Waals surface area contributed by atoms with Gasteiger partial charge in [0.15, 0.2) is 17.0 Å². The third-order valence-corrected chi connectivity index (χ3v) is 6.74. The van der Waals surface area contributed by atoms with Gasteiger partial charge in [0.2, 0.25) is 5.95 Å². The molecule has 8 nitrogen and oxygen atoms in total. The summed E-state index contributed by atoms with van der Waals surface area (Å²) in [6, 6.07) is 11.2. The van der Waals surface area contributed by atoms with E-state index in [1.54, 1.807) is 0 Å². The van der Waals surface area contributed by atoms with Crippen LogP contribution < -0.4 is 16.4 Å². The van der Waals surface area contributed by atoms with E-state index in [0.717, 1.165) is 48.1 Å². The molecule has 0 saturated heterocycles. The van der Waals surface area contributed by atoms with Gasteiger partial charge in [-0.2, -0.15) is 15.2 Å². The minimum atomic E-state index is 0. The van der Waals surface area contributed by atoms with Crippen LogP contribution in [0.1, 0.15) is 63.0 Å². The first kappa shape index (κ1) is 26.0. The monoisotopic (exact) mass is 502 g/mol. The van der Waals surface area contributed by atoms with Crippen molar-refractivity contribution in [2.45, 2.75) is 75.9 Å². The molecular weight excluding hydrogens is 471 g/mol. The SMILES string of the molecule is Cl.Cl.N#CCc1ccc(Nc2nc(N[C@H]3CC[C@H](N)CC3)nc3c2ncn3C2CCCC2)cc1. The van der Waals surface area contributed by atoms with Gasteiger partial charge in [0.25, 0.3) is 0 Å². The van der Waals surface area contributed by atoms with Crippen LogP contribution in [-0.4, -0.2) is 31.6 Å². The average molecular weight is 503 g/mol. The molecule has 3 aromatic rings. The van der Waals surface area contributed by atoms with Crippen LogP contribution >= 0.6 is 24.8 Å². The van der Waals surface area contributed by atoms with Crippen molar-refractivity contribution >= 4 is 53.4 Å². The van der Waals surface area contributed by atoms with E-state index in [9.17, 15) is 0 Å². The molecule has 2 saturated carbocycles. The standard InChI is InChI=1S/C24H30N8.2ClH/c25-14-13-16-5-9-18(10-6-16)28-22-21-23(32(15-27-21)20-3-1-2-4-20)31-24(30-22)29-19-11-7-17(26)8-12-19;;/h5-6,9-10,15,17,19-20H,1-4,7-8,11-13,26H2,(H2,28,29,30,31);2*1H/t17-,19-;;. The highest BCUT2D eigenvalue weighted by atomic mass is 35.5. The first-order valence-corrected chi connectivity index (χ1v) is 11.7. The summed E-state index contributed by atoms with van der Waals surface area (Å²) < 4.78 is 2.23. The number of anilines is 3. The van der Waals surface area contributed by atoms with Crippen LogP contribution in [0.3, 0.4) is 0 Å². The molecule has 0 spiro atoms. The maximum Gasteiger partial charge on any atom is 0.227 e. The number of aromatic nitrogens is 4. The van der Waals surface area contributed by atoms with Crippen molar-refractivity contribution in [3.63, 3.8) is 0 Å². The third kappa shape index (κ3) is 5.72. The Labute approximate surface area is 212 Å². The number of fused-ring (bicyclic) bond motifs is 1. The van der Waals surface area contributed by atoms with E-state index in [-0.39, 0.29) is 24.8 Å². The zero-order valence-electron chi connectivity index (χ0n) is 19.1. The van der Waals surface area contributed by atoms with Crippen LogP contribution in [0.25, 0.3) is 11.2 Å². The largest absolute Gasteiger partial charge is 0.351 e. The number of hydrogen-bond acceptors (Lipinski definition) is 7. The number of nitrogens with zero attached hydrogens (tertiary/aromatic N) is 5. The van der Waals surface area contributed by atoms with E-state index in [2.05, 4.69) is 21.3 Å². The first-order valence-electron chi connectivity index (χ1n) is 11.7. The van der Waals surface area contributed by atoms with Gasteiger partial charge >= 0.3 is 0 Å². The Kier molecular flexibility index (Phi) is 8.95. The van der Waals surface area contributed by atoms with Crippen LogP contribution in [0, 0.1) is 11.3 Å². The Bertz CT molecular complexity index is 1110. The Morgan fingerprint density at radius 2 is 1.71 bits per heavy atom. The summed E-state index contributed by atoms with van der Waals surface area (Å²) >= 11 is 0. The number of nitrogens with two attached hydrogens (primary N) is 1. The van der Waals surface area contributed by atoms with Crippen LogP contribution in [0.4, 0.5) is 17.5 Å². The highest BCUT2D eigenvalue weighted by molar-refractivity contribution is 5.87. The quantitative estimate of drug-likeness (QED) is 0.419. The summed E-state index contributed by atoms with van der Waals surface area (Å²) in [4.78, 5) is 14.4.